The van der Waals surface area contributed by atoms with Gasteiger partial charge in [-0.2, -0.15) is 0 Å². The molecule has 2 aromatic carbocycles. The number of methoxy groups -OCH3 is 4. The van der Waals surface area contributed by atoms with E-state index in [1.807, 2.05) is 30.3 Å². The highest BCUT2D eigenvalue weighted by Gasteiger charge is 2.25. The maximum atomic E-state index is 13.2. The van der Waals surface area contributed by atoms with Gasteiger partial charge < -0.3 is 29.0 Å². The molecule has 0 aliphatic heterocycles. The van der Waals surface area contributed by atoms with Crippen LogP contribution < -0.4 is 24.3 Å². The van der Waals surface area contributed by atoms with Crippen LogP contribution in [0.4, 0.5) is 0 Å². The highest BCUT2D eigenvalue weighted by Crippen LogP contribution is 2.44. The van der Waals surface area contributed by atoms with E-state index < -0.39 is 5.97 Å². The first-order valence-corrected chi connectivity index (χ1v) is 13.5. The van der Waals surface area contributed by atoms with E-state index in [1.54, 1.807) is 42.7 Å². The number of ether oxygens (including phenoxy) is 5. The summed E-state index contributed by atoms with van der Waals surface area (Å²) in [6, 6.07) is 17.8. The average molecular weight is 595 g/mol. The van der Waals surface area contributed by atoms with Crippen molar-refractivity contribution in [1.29, 1.82) is 0 Å². The van der Waals surface area contributed by atoms with E-state index in [9.17, 15) is 9.59 Å². The molecule has 1 amide bonds. The predicted molar refractivity (Wildman–Crippen MR) is 162 cm³/mol. The molecule has 11 nitrogen and oxygen atoms in total. The molecule has 0 bridgehead atoms. The molecule has 11 heteroatoms. The first-order valence-electron chi connectivity index (χ1n) is 13.5. The van der Waals surface area contributed by atoms with Crippen LogP contribution in [0.15, 0.2) is 79.3 Å². The summed E-state index contributed by atoms with van der Waals surface area (Å²) < 4.78 is 27.9. The second kappa shape index (κ2) is 13.5. The van der Waals surface area contributed by atoms with Gasteiger partial charge in [-0.15, -0.1) is 0 Å². The van der Waals surface area contributed by atoms with Crippen molar-refractivity contribution in [1.82, 2.24) is 20.3 Å². The van der Waals surface area contributed by atoms with Gasteiger partial charge in [-0.1, -0.05) is 6.07 Å². The smallest absolute Gasteiger partial charge is 0.357 e. The molecule has 0 radical (unpaired) electrons. The lowest BCUT2D eigenvalue weighted by Crippen LogP contribution is -2.24. The lowest BCUT2D eigenvalue weighted by molar-refractivity contribution is 0.0595. The maximum Gasteiger partial charge on any atom is 0.357 e. The van der Waals surface area contributed by atoms with Crippen LogP contribution in [0.2, 0.25) is 0 Å². The molecule has 0 unspecified atom stereocenters. The standard InChI is InChI=1S/C33H30N4O7/c1-40-27-14-21(15-28(41-2)31(27)42-3)29-24-11-10-23(44-19-22-9-5-6-13-35-22)16-25(24)26(37-30(29)33(39)43-4)18-36-32(38)20-8-7-12-34-17-20/h5-17H,18-19H2,1-4H3,(H,36,38). The molecular weight excluding hydrogens is 564 g/mol. The zero-order valence-electron chi connectivity index (χ0n) is 24.6. The number of aromatic nitrogens is 3. The monoisotopic (exact) mass is 594 g/mol. The van der Waals surface area contributed by atoms with Crippen LogP contribution in [0, 0.1) is 0 Å². The molecule has 1 N–H and O–H groups in total. The summed E-state index contributed by atoms with van der Waals surface area (Å²) >= 11 is 0. The highest BCUT2D eigenvalue weighted by atomic mass is 16.5. The molecule has 5 aromatic rings. The molecule has 0 saturated carbocycles. The molecule has 0 aliphatic carbocycles. The van der Waals surface area contributed by atoms with Crippen LogP contribution in [-0.4, -0.2) is 55.3 Å². The molecule has 5 rings (SSSR count). The van der Waals surface area contributed by atoms with Crippen LogP contribution in [0.1, 0.15) is 32.2 Å². The molecule has 0 fully saturated rings. The fourth-order valence-electron chi connectivity index (χ4n) is 4.75. The lowest BCUT2D eigenvalue weighted by atomic mass is 9.94. The second-order valence-corrected chi connectivity index (χ2v) is 9.43. The van der Waals surface area contributed by atoms with Crippen molar-refractivity contribution in [2.45, 2.75) is 13.2 Å². The first kappa shape index (κ1) is 29.8. The van der Waals surface area contributed by atoms with Gasteiger partial charge in [0.25, 0.3) is 5.91 Å². The number of benzene rings is 2. The van der Waals surface area contributed by atoms with Crippen LogP contribution in [-0.2, 0) is 17.9 Å². The summed E-state index contributed by atoms with van der Waals surface area (Å²) in [6.45, 7) is 0.250. The van der Waals surface area contributed by atoms with Crippen molar-refractivity contribution in [3.8, 4) is 34.1 Å². The number of esters is 1. The minimum Gasteiger partial charge on any atom is -0.493 e. The summed E-state index contributed by atoms with van der Waals surface area (Å²) in [5.41, 5.74) is 2.67. The van der Waals surface area contributed by atoms with Crippen molar-refractivity contribution in [3.63, 3.8) is 0 Å². The summed E-state index contributed by atoms with van der Waals surface area (Å²) in [5, 5.41) is 4.18. The fourth-order valence-corrected chi connectivity index (χ4v) is 4.75. The Morgan fingerprint density at radius 1 is 0.841 bits per heavy atom. The molecule has 3 aromatic heterocycles. The van der Waals surface area contributed by atoms with E-state index in [1.165, 1.54) is 34.6 Å². The van der Waals surface area contributed by atoms with Crippen molar-refractivity contribution in [3.05, 3.63) is 102 Å². The molecule has 0 aliphatic rings. The molecule has 0 atom stereocenters. The molecule has 3 heterocycles. The zero-order chi connectivity index (χ0) is 31.1. The third kappa shape index (κ3) is 6.21. The largest absolute Gasteiger partial charge is 0.493 e. The Morgan fingerprint density at radius 2 is 1.64 bits per heavy atom. The van der Waals surface area contributed by atoms with E-state index in [2.05, 4.69) is 15.3 Å². The molecule has 0 spiro atoms. The van der Waals surface area contributed by atoms with E-state index in [-0.39, 0.29) is 24.8 Å². The highest BCUT2D eigenvalue weighted by molar-refractivity contribution is 6.08. The molecule has 224 valence electrons. The average Bonchev–Trinajstić information content (AvgIpc) is 3.08. The number of carbonyl (C=O) groups excluding carboxylic acids is 2. The van der Waals surface area contributed by atoms with Gasteiger partial charge >= 0.3 is 5.97 Å². The number of amides is 1. The third-order valence-electron chi connectivity index (χ3n) is 6.84. The second-order valence-electron chi connectivity index (χ2n) is 9.43. The number of pyridine rings is 3. The van der Waals surface area contributed by atoms with Crippen molar-refractivity contribution < 1.29 is 33.3 Å². The Kier molecular flexibility index (Phi) is 9.14. The van der Waals surface area contributed by atoms with Crippen molar-refractivity contribution in [2.24, 2.45) is 0 Å². The van der Waals surface area contributed by atoms with Gasteiger partial charge in [-0.3, -0.25) is 14.8 Å². The number of nitrogens with zero attached hydrogens (tertiary/aromatic N) is 3. The normalized spacial score (nSPS) is 10.6. The van der Waals surface area contributed by atoms with Gasteiger partial charge in [-0.25, -0.2) is 9.78 Å². The number of fused-ring (bicyclic) bond motifs is 1. The molecular formula is C33H30N4O7. The quantitative estimate of drug-likeness (QED) is 0.208. The van der Waals surface area contributed by atoms with Gasteiger partial charge in [-0.05, 0) is 65.5 Å². The van der Waals surface area contributed by atoms with E-state index in [4.69, 9.17) is 28.7 Å². The number of carbonyl (C=O) groups is 2. The van der Waals surface area contributed by atoms with Gasteiger partial charge in [0.05, 0.1) is 51.9 Å². The van der Waals surface area contributed by atoms with Gasteiger partial charge in [0.1, 0.15) is 12.4 Å². The Hall–Kier alpha value is -5.71. The van der Waals surface area contributed by atoms with Gasteiger partial charge in [0.15, 0.2) is 17.2 Å². The van der Waals surface area contributed by atoms with Crippen LogP contribution in [0.25, 0.3) is 21.9 Å². The number of rotatable bonds is 11. The Morgan fingerprint density at radius 3 is 2.27 bits per heavy atom. The first-order chi connectivity index (χ1) is 21.5. The van der Waals surface area contributed by atoms with Crippen molar-refractivity contribution >= 4 is 22.6 Å². The zero-order valence-corrected chi connectivity index (χ0v) is 24.6. The van der Waals surface area contributed by atoms with Crippen LogP contribution in [0.3, 0.4) is 0 Å². The van der Waals surface area contributed by atoms with E-state index >= 15 is 0 Å². The fraction of sp³-hybridized carbons (Fsp3) is 0.182. The van der Waals surface area contributed by atoms with Crippen LogP contribution >= 0.6 is 0 Å². The number of hydrogen-bond acceptors (Lipinski definition) is 10. The molecule has 0 saturated heterocycles. The number of nitrogens with one attached hydrogen (secondary N) is 1. The summed E-state index contributed by atoms with van der Waals surface area (Å²) in [7, 11) is 5.82. The van der Waals surface area contributed by atoms with Crippen molar-refractivity contribution in [2.75, 3.05) is 28.4 Å². The lowest BCUT2D eigenvalue weighted by Gasteiger charge is -2.19. The number of hydrogen-bond donors (Lipinski definition) is 1. The predicted octanol–water partition coefficient (Wildman–Crippen LogP) is 5.01. The minimum atomic E-state index is -0.661. The summed E-state index contributed by atoms with van der Waals surface area (Å²) in [4.78, 5) is 39.2. The van der Waals surface area contributed by atoms with E-state index in [0.29, 0.717) is 56.2 Å². The van der Waals surface area contributed by atoms with Gasteiger partial charge in [0.2, 0.25) is 5.75 Å². The Labute approximate surface area is 253 Å². The summed E-state index contributed by atoms with van der Waals surface area (Å²) in [6.07, 6.45) is 4.75. The van der Waals surface area contributed by atoms with E-state index in [0.717, 1.165) is 5.69 Å². The topological polar surface area (TPSA) is 131 Å². The SMILES string of the molecule is COC(=O)c1nc(CNC(=O)c2cccnc2)c2cc(OCc3ccccn3)ccc2c1-c1cc(OC)c(OC)c(OC)c1. The molecule has 44 heavy (non-hydrogen) atoms. The van der Waals surface area contributed by atoms with Gasteiger partial charge in [0, 0.05) is 29.5 Å². The summed E-state index contributed by atoms with van der Waals surface area (Å²) in [5.74, 6) is 0.736. The third-order valence-corrected chi connectivity index (χ3v) is 6.84. The van der Waals surface area contributed by atoms with Crippen LogP contribution in [0.5, 0.6) is 23.0 Å². The Bertz CT molecular complexity index is 1770. The maximum absolute atomic E-state index is 13.2. The minimum absolute atomic E-state index is 0.00739. The Balaban J connectivity index is 1.68.